The second-order valence-corrected chi connectivity index (χ2v) is 4.67. The highest BCUT2D eigenvalue weighted by Crippen LogP contribution is 2.19. The Morgan fingerprint density at radius 1 is 1.72 bits per heavy atom. The van der Waals surface area contributed by atoms with Crippen LogP contribution in [0.3, 0.4) is 0 Å². The highest BCUT2D eigenvalue weighted by molar-refractivity contribution is 5.94. The van der Waals surface area contributed by atoms with E-state index in [2.05, 4.69) is 15.5 Å². The molecule has 0 bridgehead atoms. The molecule has 0 aliphatic carbocycles. The molecular formula is C12H20N4O2. The van der Waals surface area contributed by atoms with Gasteiger partial charge in [-0.15, -0.1) is 0 Å². The number of nitrogens with one attached hydrogen (secondary N) is 2. The highest BCUT2D eigenvalue weighted by Gasteiger charge is 2.34. The Labute approximate surface area is 107 Å². The summed E-state index contributed by atoms with van der Waals surface area (Å²) in [5, 5.41) is 9.77. The van der Waals surface area contributed by atoms with Gasteiger partial charge in [0, 0.05) is 25.4 Å². The maximum absolute atomic E-state index is 12.1. The van der Waals surface area contributed by atoms with Crippen LogP contribution in [0.4, 0.5) is 5.82 Å². The number of methoxy groups -OCH3 is 1. The van der Waals surface area contributed by atoms with E-state index in [9.17, 15) is 4.79 Å². The van der Waals surface area contributed by atoms with Crippen LogP contribution < -0.4 is 5.32 Å². The van der Waals surface area contributed by atoms with E-state index in [1.54, 1.807) is 7.11 Å². The van der Waals surface area contributed by atoms with Gasteiger partial charge in [-0.3, -0.25) is 14.8 Å². The number of aromatic nitrogens is 2. The molecule has 1 aromatic heterocycles. The van der Waals surface area contributed by atoms with E-state index in [1.165, 1.54) is 0 Å². The zero-order valence-corrected chi connectivity index (χ0v) is 11.1. The highest BCUT2D eigenvalue weighted by atomic mass is 16.5. The van der Waals surface area contributed by atoms with E-state index in [-0.39, 0.29) is 18.1 Å². The molecule has 100 valence electrons. The number of amides is 1. The average Bonchev–Trinajstić information content (AvgIpc) is 2.95. The topological polar surface area (TPSA) is 70.2 Å². The number of ether oxygens (including phenoxy) is 1. The number of H-pyrrole nitrogens is 1. The van der Waals surface area contributed by atoms with E-state index in [0.29, 0.717) is 5.82 Å². The first-order chi connectivity index (χ1) is 8.63. The van der Waals surface area contributed by atoms with Crippen LogP contribution in [0.2, 0.25) is 0 Å². The number of hydrogen-bond acceptors (Lipinski definition) is 4. The van der Waals surface area contributed by atoms with Crippen molar-refractivity contribution in [2.75, 3.05) is 26.0 Å². The van der Waals surface area contributed by atoms with Crippen LogP contribution in [0.15, 0.2) is 6.07 Å². The summed E-state index contributed by atoms with van der Waals surface area (Å²) >= 11 is 0. The van der Waals surface area contributed by atoms with Crippen molar-refractivity contribution in [1.82, 2.24) is 15.1 Å². The van der Waals surface area contributed by atoms with Gasteiger partial charge in [0.1, 0.15) is 0 Å². The molecule has 6 nitrogen and oxygen atoms in total. The quantitative estimate of drug-likeness (QED) is 0.824. The summed E-state index contributed by atoms with van der Waals surface area (Å²) in [6, 6.07) is 1.72. The molecule has 0 aromatic carbocycles. The van der Waals surface area contributed by atoms with Gasteiger partial charge in [0.2, 0.25) is 5.91 Å². The van der Waals surface area contributed by atoms with Crippen molar-refractivity contribution < 1.29 is 9.53 Å². The fourth-order valence-corrected chi connectivity index (χ4v) is 2.25. The molecule has 2 N–H and O–H groups in total. The summed E-state index contributed by atoms with van der Waals surface area (Å²) < 4.78 is 5.29. The number of likely N-dealkylation sites (N-methyl/N-ethyl adjacent to an activating group) is 1. The van der Waals surface area contributed by atoms with Crippen LogP contribution in [0, 0.1) is 0 Å². The van der Waals surface area contributed by atoms with Crippen LogP contribution in [-0.2, 0) is 16.0 Å². The van der Waals surface area contributed by atoms with Gasteiger partial charge in [0.25, 0.3) is 0 Å². The lowest BCUT2D eigenvalue weighted by Gasteiger charge is -2.17. The fraction of sp³-hybridized carbons (Fsp3) is 0.667. The molecule has 1 saturated heterocycles. The summed E-state index contributed by atoms with van der Waals surface area (Å²) in [6.45, 7) is 2.82. The summed E-state index contributed by atoms with van der Waals surface area (Å²) in [5.41, 5.74) is 1.01. The van der Waals surface area contributed by atoms with Crippen LogP contribution in [0.1, 0.15) is 19.0 Å². The van der Waals surface area contributed by atoms with Crippen LogP contribution >= 0.6 is 0 Å². The molecule has 0 unspecified atom stereocenters. The Morgan fingerprint density at radius 2 is 2.50 bits per heavy atom. The molecule has 2 atom stereocenters. The standard InChI is InChI=1S/C12H20N4O2/c1-4-8-5-11(15-14-8)13-12(17)10-6-9(18-3)7-16(10)2/h5,9-10H,4,6-7H2,1-3H3,(H2,13,14,15,17)/t9-,10-/m0/s1. The van der Waals surface area contributed by atoms with Gasteiger partial charge in [0.05, 0.1) is 12.1 Å². The van der Waals surface area contributed by atoms with Crippen molar-refractivity contribution in [1.29, 1.82) is 0 Å². The lowest BCUT2D eigenvalue weighted by Crippen LogP contribution is -2.37. The van der Waals surface area contributed by atoms with Crippen LogP contribution in [0.25, 0.3) is 0 Å². The maximum Gasteiger partial charge on any atom is 0.243 e. The minimum Gasteiger partial charge on any atom is -0.380 e. The average molecular weight is 252 g/mol. The zero-order valence-electron chi connectivity index (χ0n) is 11.1. The zero-order chi connectivity index (χ0) is 13.1. The fourth-order valence-electron chi connectivity index (χ4n) is 2.25. The molecule has 6 heteroatoms. The van der Waals surface area contributed by atoms with Gasteiger partial charge >= 0.3 is 0 Å². The van der Waals surface area contributed by atoms with Gasteiger partial charge in [0.15, 0.2) is 5.82 Å². The molecule has 1 fully saturated rings. The predicted molar refractivity (Wildman–Crippen MR) is 68.4 cm³/mol. The smallest absolute Gasteiger partial charge is 0.243 e. The number of aromatic amines is 1. The van der Waals surface area contributed by atoms with E-state index >= 15 is 0 Å². The first-order valence-corrected chi connectivity index (χ1v) is 6.22. The van der Waals surface area contributed by atoms with Crippen molar-refractivity contribution in [3.05, 3.63) is 11.8 Å². The Hall–Kier alpha value is -1.40. The number of anilines is 1. The third-order valence-electron chi connectivity index (χ3n) is 3.41. The molecule has 0 spiro atoms. The molecule has 2 heterocycles. The third-order valence-corrected chi connectivity index (χ3v) is 3.41. The monoisotopic (exact) mass is 252 g/mol. The molecule has 1 aliphatic heterocycles. The van der Waals surface area contributed by atoms with Gasteiger partial charge in [-0.2, -0.15) is 5.10 Å². The number of nitrogens with zero attached hydrogens (tertiary/aromatic N) is 2. The molecule has 2 rings (SSSR count). The molecule has 1 aliphatic rings. The Bertz CT molecular complexity index is 418. The molecular weight excluding hydrogens is 232 g/mol. The second kappa shape index (κ2) is 5.49. The predicted octanol–water partition coefficient (Wildman–Crippen LogP) is 0.630. The van der Waals surface area contributed by atoms with Crippen molar-refractivity contribution >= 4 is 11.7 Å². The van der Waals surface area contributed by atoms with Gasteiger partial charge in [-0.05, 0) is 19.9 Å². The van der Waals surface area contributed by atoms with Crippen LogP contribution in [-0.4, -0.2) is 53.9 Å². The SMILES string of the molecule is CCc1cc(NC(=O)[C@@H]2C[C@H](OC)CN2C)n[nH]1. The first-order valence-electron chi connectivity index (χ1n) is 6.22. The van der Waals surface area contributed by atoms with Crippen molar-refractivity contribution in [2.24, 2.45) is 0 Å². The van der Waals surface area contributed by atoms with Gasteiger partial charge in [-0.25, -0.2) is 0 Å². The number of rotatable bonds is 4. The summed E-state index contributed by atoms with van der Waals surface area (Å²) in [4.78, 5) is 14.1. The van der Waals surface area contributed by atoms with E-state index in [0.717, 1.165) is 25.1 Å². The molecule has 1 amide bonds. The molecule has 0 radical (unpaired) electrons. The minimum absolute atomic E-state index is 0.0220. The van der Waals surface area contributed by atoms with Gasteiger partial charge < -0.3 is 10.1 Å². The van der Waals surface area contributed by atoms with Crippen molar-refractivity contribution in [3.63, 3.8) is 0 Å². The number of carbonyl (C=O) groups excluding carboxylic acids is 1. The molecule has 18 heavy (non-hydrogen) atoms. The van der Waals surface area contributed by atoms with E-state index < -0.39 is 0 Å². The maximum atomic E-state index is 12.1. The lowest BCUT2D eigenvalue weighted by molar-refractivity contribution is -0.120. The van der Waals surface area contributed by atoms with E-state index in [1.807, 2.05) is 24.9 Å². The molecule has 1 aromatic rings. The largest absolute Gasteiger partial charge is 0.380 e. The minimum atomic E-state index is -0.142. The molecule has 0 saturated carbocycles. The Balaban J connectivity index is 1.95. The Kier molecular flexibility index (Phi) is 3.98. The van der Waals surface area contributed by atoms with Crippen LogP contribution in [0.5, 0.6) is 0 Å². The van der Waals surface area contributed by atoms with Crippen molar-refractivity contribution in [2.45, 2.75) is 31.9 Å². The summed E-state index contributed by atoms with van der Waals surface area (Å²) in [5.74, 6) is 0.567. The second-order valence-electron chi connectivity index (χ2n) is 4.67. The van der Waals surface area contributed by atoms with E-state index in [4.69, 9.17) is 4.74 Å². The first kappa shape index (κ1) is 13.0. The van der Waals surface area contributed by atoms with Gasteiger partial charge in [-0.1, -0.05) is 6.92 Å². The number of likely N-dealkylation sites (tertiary alicyclic amines) is 1. The summed E-state index contributed by atoms with van der Waals surface area (Å²) in [7, 11) is 3.62. The Morgan fingerprint density at radius 3 is 3.06 bits per heavy atom. The van der Waals surface area contributed by atoms with Crippen molar-refractivity contribution in [3.8, 4) is 0 Å². The lowest BCUT2D eigenvalue weighted by atomic mass is 10.2. The summed E-state index contributed by atoms with van der Waals surface area (Å²) in [6.07, 6.45) is 1.73. The number of carbonyl (C=O) groups is 1. The third kappa shape index (κ3) is 2.70. The number of aryl methyl sites for hydroxylation is 1. The number of hydrogen-bond donors (Lipinski definition) is 2. The normalized spacial score (nSPS) is 24.4.